The van der Waals surface area contributed by atoms with E-state index in [1.807, 2.05) is 11.8 Å². The number of hydrogen-bond acceptors (Lipinski definition) is 2. The first-order chi connectivity index (χ1) is 9.04. The van der Waals surface area contributed by atoms with Crippen molar-refractivity contribution in [3.63, 3.8) is 0 Å². The summed E-state index contributed by atoms with van der Waals surface area (Å²) in [6, 6.07) is 0.254. The van der Waals surface area contributed by atoms with Crippen molar-refractivity contribution in [3.05, 3.63) is 0 Å². The number of piperazine rings is 1. The average molecular weight is 264 g/mol. The van der Waals surface area contributed by atoms with Gasteiger partial charge < -0.3 is 10.2 Å². The van der Waals surface area contributed by atoms with Gasteiger partial charge in [-0.3, -0.25) is 9.59 Å². The Kier molecular flexibility index (Phi) is 3.06. The van der Waals surface area contributed by atoms with E-state index in [2.05, 4.69) is 12.2 Å². The Morgan fingerprint density at radius 3 is 2.53 bits per heavy atom. The first-order valence-corrected chi connectivity index (χ1v) is 7.66. The Morgan fingerprint density at radius 1 is 1.32 bits per heavy atom. The molecule has 0 aromatic rings. The van der Waals surface area contributed by atoms with Crippen LogP contribution in [0.25, 0.3) is 0 Å². The van der Waals surface area contributed by atoms with Crippen molar-refractivity contribution < 1.29 is 9.59 Å². The monoisotopic (exact) mass is 264 g/mol. The molecule has 3 rings (SSSR count). The topological polar surface area (TPSA) is 49.4 Å². The molecule has 2 amide bonds. The van der Waals surface area contributed by atoms with Gasteiger partial charge in [0.1, 0.15) is 5.54 Å². The van der Waals surface area contributed by atoms with Crippen LogP contribution in [0.2, 0.25) is 0 Å². The van der Waals surface area contributed by atoms with Gasteiger partial charge in [0.15, 0.2) is 0 Å². The Morgan fingerprint density at radius 2 is 2.00 bits per heavy atom. The Labute approximate surface area is 114 Å². The fourth-order valence-corrected chi connectivity index (χ4v) is 3.39. The molecule has 1 heterocycles. The summed E-state index contributed by atoms with van der Waals surface area (Å²) in [7, 11) is 0. The molecule has 0 aromatic carbocycles. The van der Waals surface area contributed by atoms with E-state index >= 15 is 0 Å². The van der Waals surface area contributed by atoms with Crippen molar-refractivity contribution >= 4 is 11.8 Å². The maximum absolute atomic E-state index is 12.8. The van der Waals surface area contributed by atoms with Crippen LogP contribution in [-0.4, -0.2) is 34.8 Å². The molecule has 3 aliphatic rings. The summed E-state index contributed by atoms with van der Waals surface area (Å²) in [4.78, 5) is 26.6. The maximum atomic E-state index is 12.8. The third-order valence-corrected chi connectivity index (χ3v) is 5.03. The molecule has 4 heteroatoms. The molecule has 0 spiro atoms. The normalized spacial score (nSPS) is 33.3. The van der Waals surface area contributed by atoms with Crippen LogP contribution in [0.15, 0.2) is 0 Å². The fraction of sp³-hybridized carbons (Fsp3) is 0.867. The molecule has 2 saturated carbocycles. The van der Waals surface area contributed by atoms with E-state index in [1.165, 1.54) is 12.8 Å². The highest BCUT2D eigenvalue weighted by molar-refractivity contribution is 5.98. The van der Waals surface area contributed by atoms with Gasteiger partial charge in [-0.25, -0.2) is 0 Å². The SMILES string of the molecule is CCC(CC1CC1)N1CC(=O)NC(C)(C2CC2)C1=O. The second kappa shape index (κ2) is 4.50. The van der Waals surface area contributed by atoms with E-state index in [0.717, 1.165) is 31.6 Å². The molecule has 1 aliphatic heterocycles. The summed E-state index contributed by atoms with van der Waals surface area (Å²) in [6.45, 7) is 4.30. The molecule has 2 atom stereocenters. The number of nitrogens with zero attached hydrogens (tertiary/aromatic N) is 1. The van der Waals surface area contributed by atoms with Crippen LogP contribution >= 0.6 is 0 Å². The highest BCUT2D eigenvalue weighted by Crippen LogP contribution is 2.43. The predicted octanol–water partition coefficient (Wildman–Crippen LogP) is 1.69. The first-order valence-electron chi connectivity index (χ1n) is 7.66. The van der Waals surface area contributed by atoms with Gasteiger partial charge in [-0.05, 0) is 44.4 Å². The Bertz CT molecular complexity index is 401. The van der Waals surface area contributed by atoms with Crippen molar-refractivity contribution in [1.82, 2.24) is 10.2 Å². The fourth-order valence-electron chi connectivity index (χ4n) is 3.39. The lowest BCUT2D eigenvalue weighted by atomic mass is 9.89. The van der Waals surface area contributed by atoms with Gasteiger partial charge in [0.25, 0.3) is 0 Å². The molecule has 2 unspecified atom stereocenters. The second-order valence-electron chi connectivity index (χ2n) is 6.70. The molecule has 0 bridgehead atoms. The van der Waals surface area contributed by atoms with Crippen molar-refractivity contribution in [2.45, 2.75) is 64.0 Å². The van der Waals surface area contributed by atoms with Crippen LogP contribution in [0.5, 0.6) is 0 Å². The summed E-state index contributed by atoms with van der Waals surface area (Å²) in [5, 5.41) is 2.95. The summed E-state index contributed by atoms with van der Waals surface area (Å²) >= 11 is 0. The van der Waals surface area contributed by atoms with Crippen molar-refractivity contribution in [2.24, 2.45) is 11.8 Å². The molecule has 19 heavy (non-hydrogen) atoms. The smallest absolute Gasteiger partial charge is 0.249 e. The average Bonchev–Trinajstić information content (AvgIpc) is 3.24. The number of rotatable bonds is 5. The Hall–Kier alpha value is -1.06. The second-order valence-corrected chi connectivity index (χ2v) is 6.70. The Balaban J connectivity index is 1.78. The van der Waals surface area contributed by atoms with E-state index in [4.69, 9.17) is 0 Å². The lowest BCUT2D eigenvalue weighted by Crippen LogP contribution is -2.68. The number of carbonyl (C=O) groups is 2. The lowest BCUT2D eigenvalue weighted by molar-refractivity contribution is -0.153. The van der Waals surface area contributed by atoms with Gasteiger partial charge in [0, 0.05) is 6.04 Å². The molecule has 4 nitrogen and oxygen atoms in total. The van der Waals surface area contributed by atoms with Crippen LogP contribution < -0.4 is 5.32 Å². The van der Waals surface area contributed by atoms with Gasteiger partial charge in [-0.15, -0.1) is 0 Å². The highest BCUT2D eigenvalue weighted by atomic mass is 16.2. The lowest BCUT2D eigenvalue weighted by Gasteiger charge is -2.43. The number of hydrogen-bond donors (Lipinski definition) is 1. The quantitative estimate of drug-likeness (QED) is 0.821. The minimum absolute atomic E-state index is 0.0169. The van der Waals surface area contributed by atoms with E-state index < -0.39 is 5.54 Å². The highest BCUT2D eigenvalue weighted by Gasteiger charge is 2.53. The third kappa shape index (κ3) is 2.37. The van der Waals surface area contributed by atoms with Crippen LogP contribution in [0.4, 0.5) is 0 Å². The molecule has 0 aromatic heterocycles. The van der Waals surface area contributed by atoms with Crippen molar-refractivity contribution in [2.75, 3.05) is 6.54 Å². The predicted molar refractivity (Wildman–Crippen MR) is 72.4 cm³/mol. The van der Waals surface area contributed by atoms with Gasteiger partial charge in [0.2, 0.25) is 11.8 Å². The third-order valence-electron chi connectivity index (χ3n) is 5.03. The zero-order chi connectivity index (χ0) is 13.6. The molecule has 0 radical (unpaired) electrons. The van der Waals surface area contributed by atoms with Crippen LogP contribution in [0.3, 0.4) is 0 Å². The zero-order valence-corrected chi connectivity index (χ0v) is 11.9. The number of carbonyl (C=O) groups excluding carboxylic acids is 2. The van der Waals surface area contributed by atoms with E-state index in [9.17, 15) is 9.59 Å². The van der Waals surface area contributed by atoms with Crippen molar-refractivity contribution in [1.29, 1.82) is 0 Å². The number of amides is 2. The molecule has 3 fully saturated rings. The minimum atomic E-state index is -0.633. The number of nitrogens with one attached hydrogen (secondary N) is 1. The zero-order valence-electron chi connectivity index (χ0n) is 11.9. The van der Waals surface area contributed by atoms with Gasteiger partial charge in [0.05, 0.1) is 6.54 Å². The van der Waals surface area contributed by atoms with Gasteiger partial charge in [-0.1, -0.05) is 19.8 Å². The van der Waals surface area contributed by atoms with Crippen molar-refractivity contribution in [3.8, 4) is 0 Å². The summed E-state index contributed by atoms with van der Waals surface area (Å²) in [5.41, 5.74) is -0.633. The molecule has 106 valence electrons. The van der Waals surface area contributed by atoms with E-state index in [0.29, 0.717) is 5.92 Å². The van der Waals surface area contributed by atoms with E-state index in [1.54, 1.807) is 0 Å². The summed E-state index contributed by atoms with van der Waals surface area (Å²) < 4.78 is 0. The largest absolute Gasteiger partial charge is 0.340 e. The van der Waals surface area contributed by atoms with Crippen LogP contribution in [0, 0.1) is 11.8 Å². The molecule has 1 N–H and O–H groups in total. The molecular formula is C15H24N2O2. The van der Waals surface area contributed by atoms with Gasteiger partial charge >= 0.3 is 0 Å². The van der Waals surface area contributed by atoms with Gasteiger partial charge in [-0.2, -0.15) is 0 Å². The van der Waals surface area contributed by atoms with Crippen LogP contribution in [0.1, 0.15) is 52.4 Å². The van der Waals surface area contributed by atoms with E-state index in [-0.39, 0.29) is 24.4 Å². The van der Waals surface area contributed by atoms with Crippen LogP contribution in [-0.2, 0) is 9.59 Å². The molecule has 1 saturated heterocycles. The summed E-state index contributed by atoms with van der Waals surface area (Å²) in [5.74, 6) is 1.31. The molecule has 2 aliphatic carbocycles. The first kappa shape index (κ1) is 12.9. The standard InChI is InChI=1S/C15H24N2O2/c1-3-12(8-10-4-5-10)17-9-13(18)16-15(2,14(17)19)11-6-7-11/h10-12H,3-9H2,1-2H3,(H,16,18). The maximum Gasteiger partial charge on any atom is 0.249 e. The summed E-state index contributed by atoms with van der Waals surface area (Å²) in [6.07, 6.45) is 6.76. The minimum Gasteiger partial charge on any atom is -0.340 e. The molecular weight excluding hydrogens is 240 g/mol.